The van der Waals surface area contributed by atoms with Crippen LogP contribution in [0.1, 0.15) is 0 Å². The van der Waals surface area contributed by atoms with Crippen LogP contribution in [0.3, 0.4) is 0 Å². The molecule has 0 aromatic heterocycles. The van der Waals surface area contributed by atoms with Gasteiger partial charge in [0.25, 0.3) is 0 Å². The van der Waals surface area contributed by atoms with E-state index in [4.69, 9.17) is 45.0 Å². The summed E-state index contributed by atoms with van der Waals surface area (Å²) in [5.41, 5.74) is 0. The summed E-state index contributed by atoms with van der Waals surface area (Å²) in [6.07, 6.45) is 0. The van der Waals surface area contributed by atoms with Gasteiger partial charge in [-0.25, -0.2) is 13.1 Å². The molecule has 18 heavy (non-hydrogen) atoms. The van der Waals surface area contributed by atoms with E-state index in [2.05, 4.69) is 4.72 Å². The van der Waals surface area contributed by atoms with Gasteiger partial charge in [0.2, 0.25) is 10.0 Å². The fraction of sp³-hybridized carbons (Fsp3) is 0.333. The molecule has 0 saturated carbocycles. The first-order chi connectivity index (χ1) is 8.31. The summed E-state index contributed by atoms with van der Waals surface area (Å²) in [7, 11) is -4.00. The van der Waals surface area contributed by atoms with Gasteiger partial charge in [-0.1, -0.05) is 34.8 Å². The molecule has 0 heterocycles. The Morgan fingerprint density at radius 1 is 1.06 bits per heavy atom. The third-order valence-corrected chi connectivity index (χ3v) is 4.73. The van der Waals surface area contributed by atoms with Gasteiger partial charge in [-0.3, -0.25) is 0 Å². The molecule has 0 aliphatic carbocycles. The quantitative estimate of drug-likeness (QED) is 0.708. The van der Waals surface area contributed by atoms with Gasteiger partial charge in [0.05, 0.1) is 34.3 Å². The van der Waals surface area contributed by atoms with E-state index in [1.165, 1.54) is 6.07 Å². The summed E-state index contributed by atoms with van der Waals surface area (Å²) < 4.78 is 25.9. The molecule has 0 atom stereocenters. The number of halogens is 3. The number of aliphatic hydroxyl groups excluding tert-OH is 2. The summed E-state index contributed by atoms with van der Waals surface area (Å²) in [5, 5.41) is 17.7. The molecule has 0 aliphatic heterocycles. The van der Waals surface area contributed by atoms with Crippen LogP contribution in [-0.2, 0) is 10.0 Å². The summed E-state index contributed by atoms with van der Waals surface area (Å²) >= 11 is 17.2. The van der Waals surface area contributed by atoms with E-state index < -0.39 is 29.3 Å². The van der Waals surface area contributed by atoms with Gasteiger partial charge < -0.3 is 10.2 Å². The van der Waals surface area contributed by atoms with E-state index >= 15 is 0 Å². The Kier molecular flexibility index (Phi) is 5.67. The zero-order valence-electron chi connectivity index (χ0n) is 8.90. The van der Waals surface area contributed by atoms with Crippen LogP contribution < -0.4 is 4.72 Å². The maximum absolute atomic E-state index is 11.9. The maximum atomic E-state index is 11.9. The van der Waals surface area contributed by atoms with E-state index in [0.717, 1.165) is 6.07 Å². The molecule has 102 valence electrons. The van der Waals surface area contributed by atoms with Gasteiger partial charge in [-0.15, -0.1) is 0 Å². The number of nitrogens with one attached hydrogen (secondary N) is 1. The Morgan fingerprint density at radius 2 is 1.56 bits per heavy atom. The zero-order valence-corrected chi connectivity index (χ0v) is 12.0. The smallest absolute Gasteiger partial charge is 0.242 e. The molecule has 0 bridgehead atoms. The molecule has 3 N–H and O–H groups in total. The first-order valence-corrected chi connectivity index (χ1v) is 7.32. The van der Waals surface area contributed by atoms with E-state index in [1.807, 2.05) is 0 Å². The fourth-order valence-electron chi connectivity index (χ4n) is 1.13. The number of hydrogen-bond acceptors (Lipinski definition) is 4. The molecule has 0 fully saturated rings. The van der Waals surface area contributed by atoms with Crippen LogP contribution in [0.15, 0.2) is 17.0 Å². The third-order valence-electron chi connectivity index (χ3n) is 2.03. The standard InChI is InChI=1S/C9H10Cl3NO4S/c10-6-1-8(12)9(2-7(6)11)18(16,17)13-5(3-14)4-15/h1-2,5,13-15H,3-4H2. The van der Waals surface area contributed by atoms with E-state index in [0.29, 0.717) is 0 Å². The van der Waals surface area contributed by atoms with Gasteiger partial charge in [-0.05, 0) is 12.1 Å². The molecule has 9 heteroatoms. The van der Waals surface area contributed by atoms with Crippen molar-refractivity contribution in [3.63, 3.8) is 0 Å². The highest BCUT2D eigenvalue weighted by Gasteiger charge is 2.23. The Bertz CT molecular complexity index is 531. The van der Waals surface area contributed by atoms with Gasteiger partial charge in [0.15, 0.2) is 0 Å². The minimum absolute atomic E-state index is 0.0333. The highest BCUT2D eigenvalue weighted by Crippen LogP contribution is 2.31. The number of aliphatic hydroxyl groups is 2. The second-order valence-electron chi connectivity index (χ2n) is 3.38. The number of rotatable bonds is 5. The van der Waals surface area contributed by atoms with Crippen molar-refractivity contribution in [2.24, 2.45) is 0 Å². The second kappa shape index (κ2) is 6.38. The van der Waals surface area contributed by atoms with Gasteiger partial charge in [0.1, 0.15) is 4.90 Å². The van der Waals surface area contributed by atoms with E-state index in [1.54, 1.807) is 0 Å². The summed E-state index contributed by atoms with van der Waals surface area (Å²) in [6.45, 7) is -1.09. The lowest BCUT2D eigenvalue weighted by Crippen LogP contribution is -2.40. The first-order valence-electron chi connectivity index (χ1n) is 4.70. The molecule has 0 amide bonds. The summed E-state index contributed by atoms with van der Waals surface area (Å²) in [6, 6.07) is 1.29. The van der Waals surface area contributed by atoms with Crippen molar-refractivity contribution in [2.75, 3.05) is 13.2 Å². The fourth-order valence-corrected chi connectivity index (χ4v) is 3.35. The largest absolute Gasteiger partial charge is 0.395 e. The SMILES string of the molecule is O=S(=O)(NC(CO)CO)c1cc(Cl)c(Cl)cc1Cl. The van der Waals surface area contributed by atoms with Crippen molar-refractivity contribution in [3.8, 4) is 0 Å². The van der Waals surface area contributed by atoms with Crippen molar-refractivity contribution >= 4 is 44.8 Å². The second-order valence-corrected chi connectivity index (χ2v) is 6.28. The average molecular weight is 335 g/mol. The molecular formula is C9H10Cl3NO4S. The van der Waals surface area contributed by atoms with Crippen LogP contribution in [0.25, 0.3) is 0 Å². The van der Waals surface area contributed by atoms with Crippen LogP contribution in [-0.4, -0.2) is 37.9 Å². The molecule has 0 radical (unpaired) electrons. The Hall–Kier alpha value is -0.0800. The molecule has 0 spiro atoms. The molecule has 5 nitrogen and oxygen atoms in total. The lowest BCUT2D eigenvalue weighted by molar-refractivity contribution is 0.185. The van der Waals surface area contributed by atoms with Crippen molar-refractivity contribution in [1.29, 1.82) is 0 Å². The normalized spacial score (nSPS) is 12.1. The Labute approximate surface area is 119 Å². The minimum atomic E-state index is -4.00. The topological polar surface area (TPSA) is 86.6 Å². The maximum Gasteiger partial charge on any atom is 0.242 e. The summed E-state index contributed by atoms with van der Waals surface area (Å²) in [5.74, 6) is 0. The highest BCUT2D eigenvalue weighted by atomic mass is 35.5. The molecular weight excluding hydrogens is 325 g/mol. The van der Waals surface area contributed by atoms with E-state index in [9.17, 15) is 8.42 Å². The monoisotopic (exact) mass is 333 g/mol. The van der Waals surface area contributed by atoms with Gasteiger partial charge in [-0.2, -0.15) is 0 Å². The van der Waals surface area contributed by atoms with Crippen LogP contribution in [0.2, 0.25) is 15.1 Å². The number of benzene rings is 1. The van der Waals surface area contributed by atoms with Crippen molar-refractivity contribution in [3.05, 3.63) is 27.2 Å². The Morgan fingerprint density at radius 3 is 2.06 bits per heavy atom. The zero-order chi connectivity index (χ0) is 13.9. The lowest BCUT2D eigenvalue weighted by atomic mass is 10.4. The van der Waals surface area contributed by atoms with Crippen LogP contribution in [0, 0.1) is 0 Å². The lowest BCUT2D eigenvalue weighted by Gasteiger charge is -2.15. The molecule has 1 aromatic carbocycles. The number of sulfonamides is 1. The Balaban J connectivity index is 3.16. The van der Waals surface area contributed by atoms with Crippen molar-refractivity contribution in [1.82, 2.24) is 4.72 Å². The minimum Gasteiger partial charge on any atom is -0.395 e. The summed E-state index contributed by atoms with van der Waals surface area (Å²) in [4.78, 5) is -0.273. The molecule has 1 rings (SSSR count). The number of hydrogen-bond donors (Lipinski definition) is 3. The molecule has 0 saturated heterocycles. The predicted molar refractivity (Wildman–Crippen MR) is 69.8 cm³/mol. The van der Waals surface area contributed by atoms with Crippen molar-refractivity contribution < 1.29 is 18.6 Å². The van der Waals surface area contributed by atoms with Crippen LogP contribution >= 0.6 is 34.8 Å². The first kappa shape index (κ1) is 16.0. The molecule has 0 unspecified atom stereocenters. The third kappa shape index (κ3) is 3.71. The van der Waals surface area contributed by atoms with Crippen LogP contribution in [0.4, 0.5) is 0 Å². The average Bonchev–Trinajstić information content (AvgIpc) is 2.30. The van der Waals surface area contributed by atoms with Gasteiger partial charge in [0, 0.05) is 0 Å². The van der Waals surface area contributed by atoms with Crippen LogP contribution in [0.5, 0.6) is 0 Å². The molecule has 0 aliphatic rings. The molecule has 1 aromatic rings. The van der Waals surface area contributed by atoms with Gasteiger partial charge >= 0.3 is 0 Å². The predicted octanol–water partition coefficient (Wildman–Crippen LogP) is 1.28. The highest BCUT2D eigenvalue weighted by molar-refractivity contribution is 7.89. The van der Waals surface area contributed by atoms with Crippen molar-refractivity contribution in [2.45, 2.75) is 10.9 Å². The van der Waals surface area contributed by atoms with E-state index in [-0.39, 0.29) is 20.0 Å².